The van der Waals surface area contributed by atoms with Crippen LogP contribution in [-0.4, -0.2) is 33.2 Å². The van der Waals surface area contributed by atoms with Crippen LogP contribution in [-0.2, 0) is 13.5 Å². The number of benzene rings is 1. The zero-order valence-electron chi connectivity index (χ0n) is 14.6. The summed E-state index contributed by atoms with van der Waals surface area (Å²) in [5, 5.41) is 4.31. The maximum atomic E-state index is 13.0. The summed E-state index contributed by atoms with van der Waals surface area (Å²) in [6.07, 6.45) is 4.64. The topological polar surface area (TPSA) is 38.1 Å². The summed E-state index contributed by atoms with van der Waals surface area (Å²) in [5.74, 6) is 0.0974. The summed E-state index contributed by atoms with van der Waals surface area (Å²) < 4.78 is 1.71. The van der Waals surface area contributed by atoms with Crippen LogP contribution < -0.4 is 0 Å². The summed E-state index contributed by atoms with van der Waals surface area (Å²) in [7, 11) is 1.86. The van der Waals surface area contributed by atoms with Crippen molar-refractivity contribution < 1.29 is 4.79 Å². The van der Waals surface area contributed by atoms with Gasteiger partial charge in [0, 0.05) is 25.8 Å². The summed E-state index contributed by atoms with van der Waals surface area (Å²) in [5.41, 5.74) is 2.78. The van der Waals surface area contributed by atoms with Crippen LogP contribution in [0.4, 0.5) is 0 Å². The van der Waals surface area contributed by atoms with E-state index < -0.39 is 0 Å². The van der Waals surface area contributed by atoms with Crippen molar-refractivity contribution in [2.75, 3.05) is 6.54 Å². The molecule has 2 rings (SSSR count). The molecule has 4 nitrogen and oxygen atoms in total. The number of aryl methyl sites for hydroxylation is 2. The third kappa shape index (κ3) is 4.21. The molecule has 23 heavy (non-hydrogen) atoms. The highest BCUT2D eigenvalue weighted by Gasteiger charge is 2.24. The Kier molecular flexibility index (Phi) is 5.97. The SMILES string of the molecule is CCC(CC)N(CCc1ccccc1)C(=O)c1cn(C)nc1C. The molecule has 0 N–H and O–H groups in total. The second-order valence-electron chi connectivity index (χ2n) is 6.01. The minimum Gasteiger partial charge on any atom is -0.335 e. The molecule has 0 atom stereocenters. The molecular formula is C19H27N3O. The van der Waals surface area contributed by atoms with Crippen molar-refractivity contribution in [3.63, 3.8) is 0 Å². The Balaban J connectivity index is 2.19. The summed E-state index contributed by atoms with van der Waals surface area (Å²) in [4.78, 5) is 15.1. The molecule has 1 aromatic heterocycles. The first-order valence-electron chi connectivity index (χ1n) is 8.41. The highest BCUT2D eigenvalue weighted by atomic mass is 16.2. The van der Waals surface area contributed by atoms with Crippen LogP contribution in [0.15, 0.2) is 36.5 Å². The molecule has 0 radical (unpaired) electrons. The van der Waals surface area contributed by atoms with Gasteiger partial charge in [-0.3, -0.25) is 9.48 Å². The molecule has 4 heteroatoms. The van der Waals surface area contributed by atoms with Crippen molar-refractivity contribution in [1.82, 2.24) is 14.7 Å². The Bertz CT molecular complexity index is 629. The lowest BCUT2D eigenvalue weighted by molar-refractivity contribution is 0.0669. The van der Waals surface area contributed by atoms with Gasteiger partial charge < -0.3 is 4.90 Å². The van der Waals surface area contributed by atoms with Crippen LogP contribution in [0.2, 0.25) is 0 Å². The van der Waals surface area contributed by atoms with Crippen molar-refractivity contribution in [1.29, 1.82) is 0 Å². The molecule has 1 amide bonds. The fourth-order valence-corrected chi connectivity index (χ4v) is 3.04. The van der Waals surface area contributed by atoms with Crippen LogP contribution in [0.1, 0.15) is 48.3 Å². The van der Waals surface area contributed by atoms with E-state index in [1.807, 2.05) is 43.3 Å². The van der Waals surface area contributed by atoms with Gasteiger partial charge in [0.15, 0.2) is 0 Å². The first-order valence-corrected chi connectivity index (χ1v) is 8.41. The van der Waals surface area contributed by atoms with E-state index in [9.17, 15) is 4.79 Å². The highest BCUT2D eigenvalue weighted by Crippen LogP contribution is 2.17. The van der Waals surface area contributed by atoms with Gasteiger partial charge in [0.05, 0.1) is 11.3 Å². The summed E-state index contributed by atoms with van der Waals surface area (Å²) in [6, 6.07) is 10.6. The number of hydrogen-bond acceptors (Lipinski definition) is 2. The maximum absolute atomic E-state index is 13.0. The molecule has 0 aliphatic carbocycles. The first kappa shape index (κ1) is 17.3. The van der Waals surface area contributed by atoms with E-state index in [4.69, 9.17) is 0 Å². The van der Waals surface area contributed by atoms with Gasteiger partial charge in [0.2, 0.25) is 0 Å². The standard InChI is InChI=1S/C19H27N3O/c1-5-17(6-2)22(13-12-16-10-8-7-9-11-16)19(23)18-14-21(4)20-15(18)3/h7-11,14,17H,5-6,12-13H2,1-4H3. The van der Waals surface area contributed by atoms with Crippen LogP contribution in [0.5, 0.6) is 0 Å². The summed E-state index contributed by atoms with van der Waals surface area (Å²) in [6.45, 7) is 6.93. The Morgan fingerprint density at radius 2 is 1.87 bits per heavy atom. The molecule has 0 unspecified atom stereocenters. The second-order valence-corrected chi connectivity index (χ2v) is 6.01. The number of amides is 1. The number of carbonyl (C=O) groups excluding carboxylic acids is 1. The number of rotatable bonds is 7. The van der Waals surface area contributed by atoms with E-state index in [1.54, 1.807) is 4.68 Å². The second kappa shape index (κ2) is 7.95. The predicted molar refractivity (Wildman–Crippen MR) is 93.5 cm³/mol. The molecule has 0 aliphatic heterocycles. The van der Waals surface area contributed by atoms with Crippen molar-refractivity contribution in [3.05, 3.63) is 53.3 Å². The van der Waals surface area contributed by atoms with E-state index >= 15 is 0 Å². The molecule has 124 valence electrons. The Morgan fingerprint density at radius 3 is 2.39 bits per heavy atom. The third-order valence-electron chi connectivity index (χ3n) is 4.37. The normalized spacial score (nSPS) is 11.0. The molecular weight excluding hydrogens is 286 g/mol. The minimum atomic E-state index is 0.0974. The largest absolute Gasteiger partial charge is 0.335 e. The number of aromatic nitrogens is 2. The van der Waals surface area contributed by atoms with Crippen molar-refractivity contribution in [3.8, 4) is 0 Å². The molecule has 0 saturated carbocycles. The van der Waals surface area contributed by atoms with Gasteiger partial charge in [0.25, 0.3) is 5.91 Å². The summed E-state index contributed by atoms with van der Waals surface area (Å²) >= 11 is 0. The van der Waals surface area contributed by atoms with Crippen molar-refractivity contribution in [2.45, 2.75) is 46.1 Å². The zero-order valence-corrected chi connectivity index (χ0v) is 14.6. The van der Waals surface area contributed by atoms with Gasteiger partial charge in [-0.1, -0.05) is 44.2 Å². The monoisotopic (exact) mass is 313 g/mol. The fraction of sp³-hybridized carbons (Fsp3) is 0.474. The fourth-order valence-electron chi connectivity index (χ4n) is 3.04. The zero-order chi connectivity index (χ0) is 16.8. The van der Waals surface area contributed by atoms with E-state index in [0.29, 0.717) is 5.56 Å². The molecule has 0 spiro atoms. The van der Waals surface area contributed by atoms with Crippen LogP contribution in [0, 0.1) is 6.92 Å². The molecule has 2 aromatic rings. The van der Waals surface area contributed by atoms with Crippen LogP contribution in [0.25, 0.3) is 0 Å². The van der Waals surface area contributed by atoms with Gasteiger partial charge in [-0.2, -0.15) is 5.10 Å². The molecule has 1 heterocycles. The molecule has 1 aromatic carbocycles. The predicted octanol–water partition coefficient (Wildman–Crippen LogP) is 3.60. The third-order valence-corrected chi connectivity index (χ3v) is 4.37. The lowest BCUT2D eigenvalue weighted by Crippen LogP contribution is -2.41. The van der Waals surface area contributed by atoms with E-state index in [1.165, 1.54) is 5.56 Å². The average Bonchev–Trinajstić information content (AvgIpc) is 2.90. The van der Waals surface area contributed by atoms with E-state index in [-0.39, 0.29) is 11.9 Å². The van der Waals surface area contributed by atoms with Crippen LogP contribution in [0.3, 0.4) is 0 Å². The number of carbonyl (C=O) groups is 1. The highest BCUT2D eigenvalue weighted by molar-refractivity contribution is 5.95. The Hall–Kier alpha value is -2.10. The van der Waals surface area contributed by atoms with E-state index in [0.717, 1.165) is 31.5 Å². The van der Waals surface area contributed by atoms with Crippen molar-refractivity contribution in [2.24, 2.45) is 7.05 Å². The maximum Gasteiger partial charge on any atom is 0.257 e. The van der Waals surface area contributed by atoms with Gasteiger partial charge in [-0.25, -0.2) is 0 Å². The Morgan fingerprint density at radius 1 is 1.22 bits per heavy atom. The molecule has 0 saturated heterocycles. The lowest BCUT2D eigenvalue weighted by atomic mass is 10.1. The van der Waals surface area contributed by atoms with Gasteiger partial charge in [-0.15, -0.1) is 0 Å². The van der Waals surface area contributed by atoms with Crippen LogP contribution >= 0.6 is 0 Å². The number of nitrogens with zero attached hydrogens (tertiary/aromatic N) is 3. The quantitative estimate of drug-likeness (QED) is 0.783. The minimum absolute atomic E-state index is 0.0974. The van der Waals surface area contributed by atoms with Gasteiger partial charge >= 0.3 is 0 Å². The Labute approximate surface area is 139 Å². The van der Waals surface area contributed by atoms with Gasteiger partial charge in [0.1, 0.15) is 0 Å². The van der Waals surface area contributed by atoms with E-state index in [2.05, 4.69) is 31.1 Å². The molecule has 0 fully saturated rings. The van der Waals surface area contributed by atoms with Gasteiger partial charge in [-0.05, 0) is 31.7 Å². The molecule has 0 bridgehead atoms. The average molecular weight is 313 g/mol. The smallest absolute Gasteiger partial charge is 0.257 e. The lowest BCUT2D eigenvalue weighted by Gasteiger charge is -2.30. The molecule has 0 aliphatic rings. The van der Waals surface area contributed by atoms with Crippen molar-refractivity contribution >= 4 is 5.91 Å². The number of hydrogen-bond donors (Lipinski definition) is 0. The first-order chi connectivity index (χ1) is 11.1.